The third-order valence-corrected chi connectivity index (χ3v) is 10.7. The van der Waals surface area contributed by atoms with E-state index >= 15 is 0 Å². The van der Waals surface area contributed by atoms with Crippen LogP contribution in [0.25, 0.3) is 0 Å². The second-order valence-corrected chi connectivity index (χ2v) is 12.0. The third-order valence-electron chi connectivity index (χ3n) is 6.04. The fraction of sp³-hybridized carbons (Fsp3) is 0.524. The molecule has 0 saturated carbocycles. The first kappa shape index (κ1) is 23.1. The van der Waals surface area contributed by atoms with Crippen molar-refractivity contribution in [3.63, 3.8) is 0 Å². The van der Waals surface area contributed by atoms with Crippen LogP contribution in [0.2, 0.25) is 0 Å². The number of aliphatic hydroxyl groups excluding tert-OH is 1. The van der Waals surface area contributed by atoms with Gasteiger partial charge in [-0.25, -0.2) is 4.79 Å². The number of rotatable bonds is 7. The molecule has 0 radical (unpaired) electrons. The van der Waals surface area contributed by atoms with Crippen LogP contribution in [-0.2, 0) is 25.7 Å². The summed E-state index contributed by atoms with van der Waals surface area (Å²) in [5, 5.41) is 14.9. The summed E-state index contributed by atoms with van der Waals surface area (Å²) in [5.74, 6) is -1.46. The highest BCUT2D eigenvalue weighted by Gasteiger charge is 2.71. The maximum Gasteiger partial charge on any atom is 0.330 e. The van der Waals surface area contributed by atoms with Crippen molar-refractivity contribution in [1.82, 2.24) is 15.5 Å². The van der Waals surface area contributed by atoms with E-state index in [1.54, 1.807) is 13.8 Å². The van der Waals surface area contributed by atoms with Gasteiger partial charge >= 0.3 is 5.97 Å². The molecule has 0 aromatic heterocycles. The van der Waals surface area contributed by atoms with Crippen molar-refractivity contribution in [3.8, 4) is 0 Å². The molecular formula is C21H29N3O6S. The number of hydrogen-bond acceptors (Lipinski definition) is 6. The van der Waals surface area contributed by atoms with Crippen molar-refractivity contribution in [3.05, 3.63) is 35.9 Å². The van der Waals surface area contributed by atoms with Gasteiger partial charge in [0, 0.05) is 24.8 Å². The van der Waals surface area contributed by atoms with Crippen molar-refractivity contribution < 1.29 is 29.0 Å². The quantitative estimate of drug-likeness (QED) is 0.323. The molecule has 2 saturated heterocycles. The number of hydrogen-bond donors (Lipinski definition) is 3. The van der Waals surface area contributed by atoms with E-state index in [-0.39, 0.29) is 43.2 Å². The summed E-state index contributed by atoms with van der Waals surface area (Å²) in [5.41, 5.74) is 0.814. The maximum atomic E-state index is 13.3. The van der Waals surface area contributed by atoms with E-state index in [9.17, 15) is 24.3 Å². The second kappa shape index (κ2) is 8.88. The van der Waals surface area contributed by atoms with Crippen LogP contribution in [0, 0.1) is 0 Å². The highest BCUT2D eigenvalue weighted by atomic mass is 32.3. The summed E-state index contributed by atoms with van der Waals surface area (Å²) >= 11 is 0. The van der Waals surface area contributed by atoms with Gasteiger partial charge in [0.25, 0.3) is 5.24 Å². The number of nitrogens with zero attached hydrogens (tertiary/aromatic N) is 1. The Balaban J connectivity index is 1.80. The number of amides is 3. The SMILES string of the molecule is CC(=O)NCCNC(=O)[S@]1(CO)[C@@H]2CC(=O)N2[C@@H](C(=O)OCc2ccccc2)C1(C)C. The Kier molecular flexibility index (Phi) is 6.61. The average molecular weight is 452 g/mol. The lowest BCUT2D eigenvalue weighted by Gasteiger charge is -2.48. The summed E-state index contributed by atoms with van der Waals surface area (Å²) in [6.07, 6.45) is 0.112. The molecule has 0 bridgehead atoms. The van der Waals surface area contributed by atoms with Crippen molar-refractivity contribution in [1.29, 1.82) is 0 Å². The lowest BCUT2D eigenvalue weighted by molar-refractivity contribution is -0.162. The molecule has 0 unspecified atom stereocenters. The highest BCUT2D eigenvalue weighted by molar-refractivity contribution is 8.46. The van der Waals surface area contributed by atoms with E-state index < -0.39 is 38.1 Å². The Labute approximate surface area is 182 Å². The highest BCUT2D eigenvalue weighted by Crippen LogP contribution is 2.73. The Morgan fingerprint density at radius 1 is 1.19 bits per heavy atom. The molecule has 1 aromatic rings. The fourth-order valence-corrected chi connectivity index (χ4v) is 8.41. The van der Waals surface area contributed by atoms with Crippen LogP contribution in [0.3, 0.4) is 0 Å². The number of esters is 1. The third kappa shape index (κ3) is 3.89. The summed E-state index contributed by atoms with van der Waals surface area (Å²) < 4.78 is 4.52. The van der Waals surface area contributed by atoms with E-state index in [4.69, 9.17) is 4.74 Å². The van der Waals surface area contributed by atoms with Gasteiger partial charge in [-0.15, -0.1) is 10.0 Å². The molecule has 0 spiro atoms. The largest absolute Gasteiger partial charge is 0.459 e. The summed E-state index contributed by atoms with van der Waals surface area (Å²) in [7, 11) is -2.51. The molecule has 2 heterocycles. The first-order valence-electron chi connectivity index (χ1n) is 10.1. The van der Waals surface area contributed by atoms with Crippen LogP contribution in [0.15, 0.2) is 30.3 Å². The number of carbonyl (C=O) groups excluding carboxylic acids is 4. The van der Waals surface area contributed by atoms with Gasteiger partial charge in [0.15, 0.2) is 0 Å². The molecular weight excluding hydrogens is 422 g/mol. The van der Waals surface area contributed by atoms with Crippen LogP contribution in [0.4, 0.5) is 4.79 Å². The topological polar surface area (TPSA) is 125 Å². The zero-order valence-corrected chi connectivity index (χ0v) is 18.7. The van der Waals surface area contributed by atoms with E-state index in [2.05, 4.69) is 10.6 Å². The molecule has 31 heavy (non-hydrogen) atoms. The lowest BCUT2D eigenvalue weighted by atomic mass is 9.98. The predicted octanol–water partition coefficient (Wildman–Crippen LogP) is 1.05. The van der Waals surface area contributed by atoms with Gasteiger partial charge in [0.1, 0.15) is 12.6 Å². The number of aliphatic hydroxyl groups is 1. The molecule has 2 fully saturated rings. The summed E-state index contributed by atoms with van der Waals surface area (Å²) in [6.45, 7) is 5.36. The molecule has 2 aliphatic rings. The molecule has 3 amide bonds. The van der Waals surface area contributed by atoms with Gasteiger partial charge in [0.05, 0.1) is 17.7 Å². The van der Waals surface area contributed by atoms with E-state index in [0.29, 0.717) is 0 Å². The number of nitrogens with one attached hydrogen (secondary N) is 2. The molecule has 0 aliphatic carbocycles. The minimum Gasteiger partial charge on any atom is -0.459 e. The van der Waals surface area contributed by atoms with Crippen LogP contribution < -0.4 is 10.6 Å². The minimum atomic E-state index is -2.51. The summed E-state index contributed by atoms with van der Waals surface area (Å²) in [6, 6.07) is 8.24. The molecule has 1 aromatic carbocycles. The zero-order valence-electron chi connectivity index (χ0n) is 17.9. The molecule has 10 heteroatoms. The van der Waals surface area contributed by atoms with Crippen LogP contribution >= 0.6 is 10.0 Å². The Bertz CT molecular complexity index is 877. The Hall–Kier alpha value is -2.59. The normalized spacial score (nSPS) is 25.9. The number of carbonyl (C=O) groups is 4. The van der Waals surface area contributed by atoms with Gasteiger partial charge in [0.2, 0.25) is 11.8 Å². The standard InChI is InChI=1S/C21H29N3O6S/c1-14(26)22-9-10-23-20(29)31(13-25)17-11-16(27)24(17)18(21(31,2)3)19(28)30-12-15-7-5-4-6-8-15/h4-8,17-18,25H,9-13H2,1-3H3,(H,22,26)(H,23,29)/t17-,18+/m1/s1. The Morgan fingerprint density at radius 3 is 2.42 bits per heavy atom. The van der Waals surface area contributed by atoms with Crippen molar-refractivity contribution in [2.75, 3.05) is 19.0 Å². The molecule has 3 rings (SSSR count). The van der Waals surface area contributed by atoms with Gasteiger partial charge in [-0.3, -0.25) is 14.4 Å². The van der Waals surface area contributed by atoms with Gasteiger partial charge in [-0.2, -0.15) is 0 Å². The average Bonchev–Trinajstić information content (AvgIpc) is 2.90. The lowest BCUT2D eigenvalue weighted by Crippen LogP contribution is -2.57. The van der Waals surface area contributed by atoms with Crippen LogP contribution in [0.1, 0.15) is 32.8 Å². The van der Waals surface area contributed by atoms with Gasteiger partial charge in [-0.1, -0.05) is 30.3 Å². The molecule has 3 N–H and O–H groups in total. The molecule has 9 nitrogen and oxygen atoms in total. The Morgan fingerprint density at radius 2 is 1.84 bits per heavy atom. The zero-order chi connectivity index (χ0) is 22.8. The van der Waals surface area contributed by atoms with Crippen LogP contribution in [0.5, 0.6) is 0 Å². The molecule has 170 valence electrons. The summed E-state index contributed by atoms with van der Waals surface area (Å²) in [4.78, 5) is 51.2. The second-order valence-electron chi connectivity index (χ2n) is 8.18. The van der Waals surface area contributed by atoms with Crippen LogP contribution in [-0.4, -0.2) is 68.2 Å². The van der Waals surface area contributed by atoms with Crippen molar-refractivity contribution in [2.24, 2.45) is 0 Å². The van der Waals surface area contributed by atoms with Gasteiger partial charge in [-0.05, 0) is 19.4 Å². The first-order valence-corrected chi connectivity index (χ1v) is 12.0. The smallest absolute Gasteiger partial charge is 0.330 e. The van der Waals surface area contributed by atoms with E-state index in [1.165, 1.54) is 11.8 Å². The molecule has 3 atom stereocenters. The van der Waals surface area contributed by atoms with Crippen molar-refractivity contribution in [2.45, 2.75) is 50.0 Å². The maximum absolute atomic E-state index is 13.3. The van der Waals surface area contributed by atoms with Crippen molar-refractivity contribution >= 4 is 33.1 Å². The van der Waals surface area contributed by atoms with E-state index in [1.807, 2.05) is 30.3 Å². The van der Waals surface area contributed by atoms with Gasteiger partial charge < -0.3 is 25.4 Å². The number of fused-ring (bicyclic) bond motifs is 1. The monoisotopic (exact) mass is 451 g/mol. The predicted molar refractivity (Wildman–Crippen MR) is 116 cm³/mol. The number of benzene rings is 1. The molecule has 2 aliphatic heterocycles. The number of ether oxygens (including phenoxy) is 1. The first-order chi connectivity index (χ1) is 14.7. The number of β-lactam (4-membered cyclic amide) rings is 1. The minimum absolute atomic E-state index is 0.0589. The van der Waals surface area contributed by atoms with E-state index in [0.717, 1.165) is 5.56 Å². The fourth-order valence-electron chi connectivity index (χ4n) is 4.34.